The summed E-state index contributed by atoms with van der Waals surface area (Å²) in [6, 6.07) is 16.5. The van der Waals surface area contributed by atoms with E-state index in [1.165, 1.54) is 13.2 Å². The molecule has 0 aliphatic heterocycles. The lowest BCUT2D eigenvalue weighted by Crippen LogP contribution is -2.08. The number of carbonyl (C=O) groups excluding carboxylic acids is 2. The highest BCUT2D eigenvalue weighted by atomic mass is 16.5. The maximum absolute atomic E-state index is 12.0. The number of nitrogens with zero attached hydrogens (tertiary/aromatic N) is 2. The van der Waals surface area contributed by atoms with Crippen molar-refractivity contribution in [2.45, 2.75) is 6.54 Å². The number of benzene rings is 2. The third-order valence-electron chi connectivity index (χ3n) is 3.84. The van der Waals surface area contributed by atoms with Crippen LogP contribution in [0.3, 0.4) is 0 Å². The highest BCUT2D eigenvalue weighted by molar-refractivity contribution is 6.02. The predicted molar refractivity (Wildman–Crippen MR) is 103 cm³/mol. The predicted octanol–water partition coefficient (Wildman–Crippen LogP) is 3.37. The van der Waals surface area contributed by atoms with E-state index in [1.807, 2.05) is 41.2 Å². The first-order valence-corrected chi connectivity index (χ1v) is 8.38. The second-order valence-corrected chi connectivity index (χ2v) is 5.85. The maximum Gasteiger partial charge on any atom is 0.337 e. The van der Waals surface area contributed by atoms with Crippen molar-refractivity contribution in [1.29, 1.82) is 0 Å². The van der Waals surface area contributed by atoms with Crippen LogP contribution in [0, 0.1) is 0 Å². The van der Waals surface area contributed by atoms with Crippen LogP contribution in [0.1, 0.15) is 21.5 Å². The van der Waals surface area contributed by atoms with Gasteiger partial charge in [-0.1, -0.05) is 30.3 Å². The third-order valence-corrected chi connectivity index (χ3v) is 3.84. The van der Waals surface area contributed by atoms with E-state index in [0.29, 0.717) is 17.8 Å². The number of anilines is 1. The second kappa shape index (κ2) is 8.62. The van der Waals surface area contributed by atoms with Crippen LogP contribution in [0.4, 0.5) is 5.69 Å². The van der Waals surface area contributed by atoms with E-state index in [9.17, 15) is 9.59 Å². The van der Waals surface area contributed by atoms with Gasteiger partial charge in [-0.3, -0.25) is 9.48 Å². The monoisotopic (exact) mass is 361 g/mol. The number of rotatable bonds is 6. The summed E-state index contributed by atoms with van der Waals surface area (Å²) in [5.41, 5.74) is 3.01. The Hall–Kier alpha value is -3.67. The third kappa shape index (κ3) is 5.15. The Morgan fingerprint density at radius 3 is 2.56 bits per heavy atom. The number of esters is 1. The molecular weight excluding hydrogens is 342 g/mol. The topological polar surface area (TPSA) is 73.2 Å². The molecule has 0 atom stereocenters. The maximum atomic E-state index is 12.0. The van der Waals surface area contributed by atoms with E-state index in [1.54, 1.807) is 36.5 Å². The Morgan fingerprint density at radius 1 is 1.11 bits per heavy atom. The molecule has 0 bridgehead atoms. The van der Waals surface area contributed by atoms with Gasteiger partial charge in [-0.25, -0.2) is 4.79 Å². The van der Waals surface area contributed by atoms with Gasteiger partial charge in [0, 0.05) is 23.5 Å². The summed E-state index contributed by atoms with van der Waals surface area (Å²) in [6.45, 7) is 0.674. The smallest absolute Gasteiger partial charge is 0.337 e. The van der Waals surface area contributed by atoms with Gasteiger partial charge in [0.15, 0.2) is 0 Å². The van der Waals surface area contributed by atoms with Crippen LogP contribution >= 0.6 is 0 Å². The van der Waals surface area contributed by atoms with Crippen molar-refractivity contribution in [3.63, 3.8) is 0 Å². The van der Waals surface area contributed by atoms with Crippen molar-refractivity contribution in [1.82, 2.24) is 9.78 Å². The fraction of sp³-hybridized carbons (Fsp3) is 0.0952. The van der Waals surface area contributed by atoms with Crippen molar-refractivity contribution < 1.29 is 14.3 Å². The Balaban J connectivity index is 1.56. The van der Waals surface area contributed by atoms with Gasteiger partial charge in [-0.15, -0.1) is 0 Å². The molecule has 0 saturated carbocycles. The molecule has 6 nitrogen and oxygen atoms in total. The van der Waals surface area contributed by atoms with Crippen molar-refractivity contribution in [2.75, 3.05) is 12.4 Å². The van der Waals surface area contributed by atoms with Gasteiger partial charge in [0.1, 0.15) is 0 Å². The zero-order chi connectivity index (χ0) is 19.1. The van der Waals surface area contributed by atoms with Crippen molar-refractivity contribution in [3.8, 4) is 0 Å². The summed E-state index contributed by atoms with van der Waals surface area (Å²) in [4.78, 5) is 23.4. The normalized spacial score (nSPS) is 10.7. The first-order chi connectivity index (χ1) is 13.1. The SMILES string of the molecule is COC(=O)c1ccc(NC(=O)/C=C/c2cnn(Cc3ccccc3)c2)cc1. The quantitative estimate of drug-likeness (QED) is 0.540. The molecule has 3 rings (SSSR count). The molecule has 27 heavy (non-hydrogen) atoms. The van der Waals surface area contributed by atoms with E-state index < -0.39 is 5.97 Å². The molecule has 0 radical (unpaired) electrons. The van der Waals surface area contributed by atoms with Gasteiger partial charge in [0.05, 0.1) is 25.4 Å². The molecule has 1 amide bonds. The number of methoxy groups -OCH3 is 1. The Bertz CT molecular complexity index is 944. The second-order valence-electron chi connectivity index (χ2n) is 5.85. The lowest BCUT2D eigenvalue weighted by Gasteiger charge is -2.03. The van der Waals surface area contributed by atoms with Gasteiger partial charge in [0.25, 0.3) is 0 Å². The summed E-state index contributed by atoms with van der Waals surface area (Å²) in [5.74, 6) is -0.683. The van der Waals surface area contributed by atoms with Crippen LogP contribution in [0.5, 0.6) is 0 Å². The van der Waals surface area contributed by atoms with E-state index in [0.717, 1.165) is 11.1 Å². The number of amides is 1. The zero-order valence-corrected chi connectivity index (χ0v) is 14.8. The summed E-state index contributed by atoms with van der Waals surface area (Å²) in [6.07, 6.45) is 6.73. The van der Waals surface area contributed by atoms with Crippen LogP contribution in [0.25, 0.3) is 6.08 Å². The average Bonchev–Trinajstić information content (AvgIpc) is 3.14. The van der Waals surface area contributed by atoms with Gasteiger partial charge in [0.2, 0.25) is 5.91 Å². The number of hydrogen-bond acceptors (Lipinski definition) is 4. The van der Waals surface area contributed by atoms with Crippen LogP contribution in [0.2, 0.25) is 0 Å². The average molecular weight is 361 g/mol. The van der Waals surface area contributed by atoms with Crippen LogP contribution in [-0.4, -0.2) is 28.8 Å². The van der Waals surface area contributed by atoms with Crippen LogP contribution < -0.4 is 5.32 Å². The van der Waals surface area contributed by atoms with Gasteiger partial charge >= 0.3 is 5.97 Å². The summed E-state index contributed by atoms with van der Waals surface area (Å²) < 4.78 is 6.46. The van der Waals surface area contributed by atoms with Crippen molar-refractivity contribution >= 4 is 23.6 Å². The number of aromatic nitrogens is 2. The van der Waals surface area contributed by atoms with Gasteiger partial charge in [-0.2, -0.15) is 5.10 Å². The molecule has 0 aliphatic rings. The minimum absolute atomic E-state index is 0.267. The molecule has 1 aromatic heterocycles. The molecule has 1 N–H and O–H groups in total. The van der Waals surface area contributed by atoms with Crippen molar-refractivity contribution in [2.24, 2.45) is 0 Å². The molecule has 6 heteroatoms. The first kappa shape index (κ1) is 18.1. The lowest BCUT2D eigenvalue weighted by atomic mass is 10.2. The number of ether oxygens (including phenoxy) is 1. The van der Waals surface area contributed by atoms with Gasteiger partial charge < -0.3 is 10.1 Å². The van der Waals surface area contributed by atoms with Gasteiger partial charge in [-0.05, 0) is 35.9 Å². The molecular formula is C21H19N3O3. The van der Waals surface area contributed by atoms with E-state index in [-0.39, 0.29) is 5.91 Å². The summed E-state index contributed by atoms with van der Waals surface area (Å²) in [7, 11) is 1.32. The zero-order valence-electron chi connectivity index (χ0n) is 14.8. The van der Waals surface area contributed by atoms with E-state index in [4.69, 9.17) is 0 Å². The van der Waals surface area contributed by atoms with E-state index in [2.05, 4.69) is 15.2 Å². The molecule has 0 aliphatic carbocycles. The number of carbonyl (C=O) groups is 2. The highest BCUT2D eigenvalue weighted by Gasteiger charge is 2.05. The first-order valence-electron chi connectivity index (χ1n) is 8.38. The molecule has 0 unspecified atom stereocenters. The molecule has 2 aromatic carbocycles. The molecule has 1 heterocycles. The van der Waals surface area contributed by atoms with E-state index >= 15 is 0 Å². The summed E-state index contributed by atoms with van der Waals surface area (Å²) in [5, 5.41) is 7.04. The minimum atomic E-state index is -0.416. The fourth-order valence-corrected chi connectivity index (χ4v) is 2.49. The summed E-state index contributed by atoms with van der Waals surface area (Å²) >= 11 is 0. The van der Waals surface area contributed by atoms with Crippen LogP contribution in [-0.2, 0) is 16.1 Å². The number of hydrogen-bond donors (Lipinski definition) is 1. The van der Waals surface area contributed by atoms with Crippen molar-refractivity contribution in [3.05, 3.63) is 89.8 Å². The molecule has 0 saturated heterocycles. The fourth-order valence-electron chi connectivity index (χ4n) is 2.49. The molecule has 0 spiro atoms. The lowest BCUT2D eigenvalue weighted by molar-refractivity contribution is -0.111. The largest absolute Gasteiger partial charge is 0.465 e. The molecule has 0 fully saturated rings. The Kier molecular flexibility index (Phi) is 5.79. The highest BCUT2D eigenvalue weighted by Crippen LogP contribution is 2.11. The minimum Gasteiger partial charge on any atom is -0.465 e. The Morgan fingerprint density at radius 2 is 1.85 bits per heavy atom. The standard InChI is InChI=1S/C21H19N3O3/c1-27-21(26)18-8-10-19(11-9-18)23-20(25)12-7-17-13-22-24(15-17)14-16-5-3-2-4-6-16/h2-13,15H,14H2,1H3,(H,23,25)/b12-7+. The number of nitrogens with one attached hydrogen (secondary N) is 1. The van der Waals surface area contributed by atoms with Crippen LogP contribution in [0.15, 0.2) is 73.1 Å². The Labute approximate surface area is 157 Å². The molecule has 3 aromatic rings. The molecule has 136 valence electrons.